The average Bonchev–Trinajstić information content (AvgIpc) is 3.05. The van der Waals surface area contributed by atoms with Crippen LogP contribution in [0.3, 0.4) is 0 Å². The minimum atomic E-state index is 0.335. The highest BCUT2D eigenvalue weighted by atomic mass is 35.5. The lowest BCUT2D eigenvalue weighted by Crippen LogP contribution is -1.98. The highest BCUT2D eigenvalue weighted by Gasteiger charge is 2.13. The number of fused-ring (bicyclic) bond motifs is 2. The molecule has 3 aromatic rings. The Labute approximate surface area is 120 Å². The van der Waals surface area contributed by atoms with Gasteiger partial charge in [-0.05, 0) is 42.5 Å². The number of halogens is 1. The van der Waals surface area contributed by atoms with Gasteiger partial charge in [0.15, 0.2) is 0 Å². The van der Waals surface area contributed by atoms with Crippen LogP contribution < -0.4 is 4.74 Å². The fourth-order valence-corrected chi connectivity index (χ4v) is 2.73. The van der Waals surface area contributed by atoms with Crippen molar-refractivity contribution in [3.8, 4) is 11.6 Å². The quantitative estimate of drug-likeness (QED) is 0.680. The van der Waals surface area contributed by atoms with E-state index in [-0.39, 0.29) is 0 Å². The van der Waals surface area contributed by atoms with Crippen LogP contribution in [0.25, 0.3) is 5.78 Å². The third-order valence-electron chi connectivity index (χ3n) is 3.48. The molecule has 2 aromatic heterocycles. The Morgan fingerprint density at radius 1 is 1.15 bits per heavy atom. The number of ether oxygens (including phenoxy) is 1. The first-order valence-electron chi connectivity index (χ1n) is 6.45. The van der Waals surface area contributed by atoms with E-state index in [1.807, 2.05) is 6.07 Å². The van der Waals surface area contributed by atoms with E-state index < -0.39 is 0 Å². The standard InChI is InChI=1S/C14H11ClN4O/c15-12-7-13(19-14(18-12)16-8-17-19)20-11-5-4-9-2-1-3-10(9)6-11/h4-8H,1-3H2. The smallest absolute Gasteiger partial charge is 0.256 e. The molecule has 20 heavy (non-hydrogen) atoms. The summed E-state index contributed by atoms with van der Waals surface area (Å²) in [5.41, 5.74) is 2.77. The molecule has 0 saturated carbocycles. The fourth-order valence-electron chi connectivity index (χ4n) is 2.56. The minimum Gasteiger partial charge on any atom is -0.439 e. The molecule has 0 unspecified atom stereocenters. The van der Waals surface area contributed by atoms with Crippen LogP contribution in [0.2, 0.25) is 5.15 Å². The second-order valence-corrected chi connectivity index (χ2v) is 5.16. The number of aryl methyl sites for hydroxylation is 2. The number of aromatic nitrogens is 4. The Morgan fingerprint density at radius 3 is 3.00 bits per heavy atom. The first-order valence-corrected chi connectivity index (χ1v) is 6.83. The summed E-state index contributed by atoms with van der Waals surface area (Å²) in [7, 11) is 0. The molecular weight excluding hydrogens is 276 g/mol. The Hall–Kier alpha value is -2.14. The molecule has 0 fully saturated rings. The van der Waals surface area contributed by atoms with E-state index in [9.17, 15) is 0 Å². The molecule has 1 aromatic carbocycles. The normalized spacial score (nSPS) is 13.7. The number of hydrogen-bond donors (Lipinski definition) is 0. The summed E-state index contributed by atoms with van der Waals surface area (Å²) >= 11 is 5.97. The molecule has 1 aliphatic carbocycles. The van der Waals surface area contributed by atoms with Crippen molar-refractivity contribution in [3.63, 3.8) is 0 Å². The highest BCUT2D eigenvalue weighted by molar-refractivity contribution is 6.29. The van der Waals surface area contributed by atoms with Crippen LogP contribution in [0, 0.1) is 0 Å². The van der Waals surface area contributed by atoms with Crippen molar-refractivity contribution in [3.05, 3.63) is 46.9 Å². The number of benzene rings is 1. The molecule has 6 heteroatoms. The molecule has 0 radical (unpaired) electrons. The monoisotopic (exact) mass is 286 g/mol. The van der Waals surface area contributed by atoms with E-state index in [1.165, 1.54) is 28.4 Å². The lowest BCUT2D eigenvalue weighted by Gasteiger charge is -2.08. The summed E-state index contributed by atoms with van der Waals surface area (Å²) in [6.45, 7) is 0. The van der Waals surface area contributed by atoms with Gasteiger partial charge in [-0.15, -0.1) is 0 Å². The Kier molecular flexibility index (Phi) is 2.60. The Balaban J connectivity index is 1.75. The molecule has 4 rings (SSSR count). The van der Waals surface area contributed by atoms with Gasteiger partial charge in [0.1, 0.15) is 17.2 Å². The lowest BCUT2D eigenvalue weighted by atomic mass is 10.1. The summed E-state index contributed by atoms with van der Waals surface area (Å²) in [6, 6.07) is 7.82. The molecule has 0 atom stereocenters. The third kappa shape index (κ3) is 1.91. The SMILES string of the molecule is Clc1cc(Oc2ccc3c(c2)CCC3)n2ncnc2n1. The molecule has 5 nitrogen and oxygen atoms in total. The topological polar surface area (TPSA) is 52.3 Å². The average molecular weight is 287 g/mol. The molecule has 2 heterocycles. The van der Waals surface area contributed by atoms with Gasteiger partial charge in [-0.3, -0.25) is 0 Å². The van der Waals surface area contributed by atoms with E-state index in [1.54, 1.807) is 6.07 Å². The van der Waals surface area contributed by atoms with Crippen molar-refractivity contribution >= 4 is 17.4 Å². The summed E-state index contributed by atoms with van der Waals surface area (Å²) < 4.78 is 7.42. The van der Waals surface area contributed by atoms with Crippen LogP contribution in [0.5, 0.6) is 11.6 Å². The zero-order valence-corrected chi connectivity index (χ0v) is 11.3. The van der Waals surface area contributed by atoms with Gasteiger partial charge in [-0.25, -0.2) is 0 Å². The van der Waals surface area contributed by atoms with Gasteiger partial charge in [0.05, 0.1) is 0 Å². The fraction of sp³-hybridized carbons (Fsp3) is 0.214. The first kappa shape index (κ1) is 11.7. The largest absolute Gasteiger partial charge is 0.439 e. The molecule has 0 spiro atoms. The van der Waals surface area contributed by atoms with E-state index in [4.69, 9.17) is 16.3 Å². The van der Waals surface area contributed by atoms with Crippen LogP contribution in [-0.4, -0.2) is 19.6 Å². The first-order chi connectivity index (χ1) is 9.79. The van der Waals surface area contributed by atoms with Crippen molar-refractivity contribution in [1.82, 2.24) is 19.6 Å². The van der Waals surface area contributed by atoms with Crippen molar-refractivity contribution in [2.45, 2.75) is 19.3 Å². The third-order valence-corrected chi connectivity index (χ3v) is 3.67. The van der Waals surface area contributed by atoms with E-state index in [0.717, 1.165) is 18.6 Å². The van der Waals surface area contributed by atoms with Crippen molar-refractivity contribution in [2.75, 3.05) is 0 Å². The summed E-state index contributed by atoms with van der Waals surface area (Å²) in [5, 5.41) is 4.42. The van der Waals surface area contributed by atoms with Gasteiger partial charge < -0.3 is 4.74 Å². The highest BCUT2D eigenvalue weighted by Crippen LogP contribution is 2.29. The molecular formula is C14H11ClN4O. The van der Waals surface area contributed by atoms with Crippen molar-refractivity contribution in [2.24, 2.45) is 0 Å². The molecule has 0 amide bonds. The summed E-state index contributed by atoms with van der Waals surface area (Å²) in [4.78, 5) is 8.09. The van der Waals surface area contributed by atoms with Gasteiger partial charge in [0.2, 0.25) is 5.88 Å². The molecule has 1 aliphatic rings. The zero-order chi connectivity index (χ0) is 13.5. The van der Waals surface area contributed by atoms with Gasteiger partial charge in [0.25, 0.3) is 5.78 Å². The molecule has 0 saturated heterocycles. The van der Waals surface area contributed by atoms with E-state index in [2.05, 4.69) is 27.2 Å². The summed E-state index contributed by atoms with van der Waals surface area (Å²) in [5.74, 6) is 1.72. The number of hydrogen-bond acceptors (Lipinski definition) is 4. The Bertz CT molecular complexity index is 799. The summed E-state index contributed by atoms with van der Waals surface area (Å²) in [6.07, 6.45) is 4.91. The lowest BCUT2D eigenvalue weighted by molar-refractivity contribution is 0.445. The van der Waals surface area contributed by atoms with Crippen LogP contribution in [0.15, 0.2) is 30.6 Å². The molecule has 100 valence electrons. The minimum absolute atomic E-state index is 0.335. The second-order valence-electron chi connectivity index (χ2n) is 4.78. The number of rotatable bonds is 2. The van der Waals surface area contributed by atoms with Crippen LogP contribution in [0.1, 0.15) is 17.5 Å². The molecule has 0 bridgehead atoms. The predicted octanol–water partition coefficient (Wildman–Crippen LogP) is 3.06. The maximum absolute atomic E-state index is 5.97. The van der Waals surface area contributed by atoms with Crippen LogP contribution in [0.4, 0.5) is 0 Å². The predicted molar refractivity (Wildman–Crippen MR) is 74.3 cm³/mol. The zero-order valence-electron chi connectivity index (χ0n) is 10.6. The van der Waals surface area contributed by atoms with Gasteiger partial charge >= 0.3 is 0 Å². The molecule has 0 aliphatic heterocycles. The van der Waals surface area contributed by atoms with Gasteiger partial charge in [0, 0.05) is 6.07 Å². The van der Waals surface area contributed by atoms with Crippen LogP contribution >= 0.6 is 11.6 Å². The van der Waals surface area contributed by atoms with Gasteiger partial charge in [-0.2, -0.15) is 19.6 Å². The molecule has 0 N–H and O–H groups in total. The van der Waals surface area contributed by atoms with E-state index >= 15 is 0 Å². The van der Waals surface area contributed by atoms with Gasteiger partial charge in [-0.1, -0.05) is 17.7 Å². The van der Waals surface area contributed by atoms with E-state index in [0.29, 0.717) is 16.8 Å². The van der Waals surface area contributed by atoms with Crippen LogP contribution in [-0.2, 0) is 12.8 Å². The second kappa shape index (κ2) is 4.45. The Morgan fingerprint density at radius 2 is 2.05 bits per heavy atom. The maximum Gasteiger partial charge on any atom is 0.256 e. The van der Waals surface area contributed by atoms with Crippen molar-refractivity contribution < 1.29 is 4.74 Å². The maximum atomic E-state index is 5.97. The number of nitrogens with zero attached hydrogens (tertiary/aromatic N) is 4. The van der Waals surface area contributed by atoms with Crippen molar-refractivity contribution in [1.29, 1.82) is 0 Å².